The van der Waals surface area contributed by atoms with Crippen LogP contribution in [0.5, 0.6) is 5.75 Å². The van der Waals surface area contributed by atoms with Gasteiger partial charge in [-0.15, -0.1) is 0 Å². The van der Waals surface area contributed by atoms with E-state index >= 15 is 0 Å². The minimum atomic E-state index is -0.934. The second-order valence-corrected chi connectivity index (χ2v) is 6.61. The molecule has 140 valence electrons. The van der Waals surface area contributed by atoms with Gasteiger partial charge in [0, 0.05) is 5.56 Å². The van der Waals surface area contributed by atoms with Crippen molar-refractivity contribution in [1.82, 2.24) is 0 Å². The maximum atomic E-state index is 14.5. The molecule has 0 N–H and O–H groups in total. The third-order valence-corrected chi connectivity index (χ3v) is 4.53. The number of halogens is 2. The summed E-state index contributed by atoms with van der Waals surface area (Å²) in [7, 11) is 0. The van der Waals surface area contributed by atoms with E-state index in [1.54, 1.807) is 6.07 Å². The Labute approximate surface area is 159 Å². The molecule has 0 heterocycles. The zero-order chi connectivity index (χ0) is 19.2. The quantitative estimate of drug-likeness (QED) is 0.436. The summed E-state index contributed by atoms with van der Waals surface area (Å²) in [5, 5.41) is 0. The Bertz CT molecular complexity index is 884. The average molecular weight is 366 g/mol. The summed E-state index contributed by atoms with van der Waals surface area (Å²) >= 11 is 0. The molecule has 0 amide bonds. The molecule has 0 atom stereocenters. The molecule has 3 heteroatoms. The van der Waals surface area contributed by atoms with Gasteiger partial charge >= 0.3 is 0 Å². The lowest BCUT2D eigenvalue weighted by molar-refractivity contribution is 0.295. The largest absolute Gasteiger partial charge is 0.490 e. The zero-order valence-corrected chi connectivity index (χ0v) is 15.8. The fraction of sp³-hybridized carbons (Fsp3) is 0.250. The molecule has 0 spiro atoms. The third kappa shape index (κ3) is 4.36. The normalized spacial score (nSPS) is 10.8. The summed E-state index contributed by atoms with van der Waals surface area (Å²) in [6, 6.07) is 19.0. The maximum Gasteiger partial charge on any atom is 0.201 e. The van der Waals surface area contributed by atoms with E-state index in [1.807, 2.05) is 31.2 Å². The molecule has 0 saturated carbocycles. The van der Waals surface area contributed by atoms with Gasteiger partial charge in [-0.2, -0.15) is 4.39 Å². The van der Waals surface area contributed by atoms with Crippen LogP contribution in [0.25, 0.3) is 22.3 Å². The Morgan fingerprint density at radius 2 is 1.26 bits per heavy atom. The smallest absolute Gasteiger partial charge is 0.201 e. The summed E-state index contributed by atoms with van der Waals surface area (Å²) in [6.07, 6.45) is 2.93. The molecule has 3 aromatic carbocycles. The Morgan fingerprint density at radius 1 is 0.667 bits per heavy atom. The van der Waals surface area contributed by atoms with Crippen LogP contribution in [0, 0.1) is 11.6 Å². The summed E-state index contributed by atoms with van der Waals surface area (Å²) in [5.41, 5.74) is 4.35. The van der Waals surface area contributed by atoms with Gasteiger partial charge in [0.15, 0.2) is 11.6 Å². The van der Waals surface area contributed by atoms with Crippen LogP contribution in [0.15, 0.2) is 60.7 Å². The van der Waals surface area contributed by atoms with E-state index in [0.717, 1.165) is 30.4 Å². The summed E-state index contributed by atoms with van der Waals surface area (Å²) in [5.74, 6) is -1.85. The Hall–Kier alpha value is -2.68. The predicted octanol–water partition coefficient (Wildman–Crippen LogP) is 7.04. The highest BCUT2D eigenvalue weighted by molar-refractivity contribution is 5.71. The number of ether oxygens (including phenoxy) is 1. The highest BCUT2D eigenvalue weighted by Gasteiger charge is 2.15. The molecule has 0 bridgehead atoms. The van der Waals surface area contributed by atoms with E-state index in [0.29, 0.717) is 12.2 Å². The number of hydrogen-bond donors (Lipinski definition) is 0. The molecule has 1 nitrogen and oxygen atoms in total. The van der Waals surface area contributed by atoms with Crippen LogP contribution in [-0.4, -0.2) is 6.61 Å². The van der Waals surface area contributed by atoms with E-state index in [4.69, 9.17) is 4.74 Å². The number of rotatable bonds is 7. The second kappa shape index (κ2) is 8.81. The minimum Gasteiger partial charge on any atom is -0.490 e. The number of aryl methyl sites for hydroxylation is 1. The highest BCUT2D eigenvalue weighted by atomic mass is 19.2. The number of benzene rings is 3. The lowest BCUT2D eigenvalue weighted by atomic mass is 9.98. The first-order valence-corrected chi connectivity index (χ1v) is 9.44. The first-order chi connectivity index (χ1) is 13.1. The molecule has 0 unspecified atom stereocenters. The molecule has 0 radical (unpaired) electrons. The minimum absolute atomic E-state index is 0.0399. The van der Waals surface area contributed by atoms with E-state index in [9.17, 15) is 8.78 Å². The van der Waals surface area contributed by atoms with E-state index in [2.05, 4.69) is 31.2 Å². The van der Waals surface area contributed by atoms with Crippen molar-refractivity contribution in [3.05, 3.63) is 77.9 Å². The Morgan fingerprint density at radius 3 is 1.85 bits per heavy atom. The summed E-state index contributed by atoms with van der Waals surface area (Å²) in [4.78, 5) is 0. The van der Waals surface area contributed by atoms with Gasteiger partial charge in [-0.3, -0.25) is 0 Å². The van der Waals surface area contributed by atoms with Gasteiger partial charge in [0.25, 0.3) is 0 Å². The Kier molecular flexibility index (Phi) is 6.23. The van der Waals surface area contributed by atoms with Gasteiger partial charge in [-0.1, -0.05) is 68.8 Å². The van der Waals surface area contributed by atoms with Crippen molar-refractivity contribution in [3.63, 3.8) is 0 Å². The standard InChI is InChI=1S/C24H24F2O/c1-3-5-17-6-8-18(9-7-17)19-10-12-20(13-11-19)21-14-15-22(27-16-4-2)24(26)23(21)25/h6-15H,3-5,16H2,1-2H3. The molecule has 0 aliphatic rings. The van der Waals surface area contributed by atoms with E-state index in [-0.39, 0.29) is 11.3 Å². The molecule has 0 aromatic heterocycles. The molecule has 27 heavy (non-hydrogen) atoms. The zero-order valence-electron chi connectivity index (χ0n) is 15.8. The van der Waals surface area contributed by atoms with Gasteiger partial charge in [0.05, 0.1) is 6.61 Å². The first-order valence-electron chi connectivity index (χ1n) is 9.44. The summed E-state index contributed by atoms with van der Waals surface area (Å²) in [6.45, 7) is 4.44. The van der Waals surface area contributed by atoms with E-state index < -0.39 is 11.6 Å². The molecule has 0 saturated heterocycles. The van der Waals surface area contributed by atoms with Gasteiger partial charge in [-0.05, 0) is 47.2 Å². The molecule has 0 fully saturated rings. The molecule has 3 rings (SSSR count). The maximum absolute atomic E-state index is 14.5. The van der Waals surface area contributed by atoms with Crippen LogP contribution in [0.1, 0.15) is 32.3 Å². The van der Waals surface area contributed by atoms with Crippen molar-refractivity contribution in [3.8, 4) is 28.0 Å². The molecule has 0 aliphatic heterocycles. The van der Waals surface area contributed by atoms with Crippen molar-refractivity contribution < 1.29 is 13.5 Å². The van der Waals surface area contributed by atoms with Crippen molar-refractivity contribution in [2.75, 3.05) is 6.61 Å². The SMILES string of the molecule is CCCOc1ccc(-c2ccc(-c3ccc(CCC)cc3)cc2)c(F)c1F. The molecular weight excluding hydrogens is 342 g/mol. The van der Waals surface area contributed by atoms with Crippen LogP contribution in [0.2, 0.25) is 0 Å². The van der Waals surface area contributed by atoms with Crippen molar-refractivity contribution in [2.45, 2.75) is 33.1 Å². The fourth-order valence-corrected chi connectivity index (χ4v) is 3.07. The van der Waals surface area contributed by atoms with Crippen LogP contribution in [-0.2, 0) is 6.42 Å². The highest BCUT2D eigenvalue weighted by Crippen LogP contribution is 2.31. The summed E-state index contributed by atoms with van der Waals surface area (Å²) < 4.78 is 33.9. The lowest BCUT2D eigenvalue weighted by Crippen LogP contribution is -2.00. The van der Waals surface area contributed by atoms with Crippen LogP contribution in [0.4, 0.5) is 8.78 Å². The molecule has 3 aromatic rings. The predicted molar refractivity (Wildman–Crippen MR) is 107 cm³/mol. The lowest BCUT2D eigenvalue weighted by Gasteiger charge is -2.10. The van der Waals surface area contributed by atoms with Crippen LogP contribution in [0.3, 0.4) is 0 Å². The van der Waals surface area contributed by atoms with Gasteiger partial charge < -0.3 is 4.74 Å². The third-order valence-electron chi connectivity index (χ3n) is 4.53. The van der Waals surface area contributed by atoms with Gasteiger partial charge in [0.2, 0.25) is 5.82 Å². The molecule has 0 aliphatic carbocycles. The monoisotopic (exact) mass is 366 g/mol. The Balaban J connectivity index is 1.84. The number of hydrogen-bond acceptors (Lipinski definition) is 1. The van der Waals surface area contributed by atoms with Crippen molar-refractivity contribution in [2.24, 2.45) is 0 Å². The average Bonchev–Trinajstić information content (AvgIpc) is 2.70. The van der Waals surface area contributed by atoms with Crippen molar-refractivity contribution >= 4 is 0 Å². The van der Waals surface area contributed by atoms with Crippen LogP contribution < -0.4 is 4.74 Å². The van der Waals surface area contributed by atoms with Gasteiger partial charge in [-0.25, -0.2) is 4.39 Å². The van der Waals surface area contributed by atoms with Crippen molar-refractivity contribution in [1.29, 1.82) is 0 Å². The van der Waals surface area contributed by atoms with E-state index in [1.165, 1.54) is 11.6 Å². The first kappa shape index (κ1) is 19.1. The second-order valence-electron chi connectivity index (χ2n) is 6.61. The van der Waals surface area contributed by atoms with Gasteiger partial charge in [0.1, 0.15) is 0 Å². The topological polar surface area (TPSA) is 9.23 Å². The molecular formula is C24H24F2O. The fourth-order valence-electron chi connectivity index (χ4n) is 3.07. The van der Waals surface area contributed by atoms with Crippen LogP contribution >= 0.6 is 0 Å².